The number of fused-ring (bicyclic) bond motifs is 1. The summed E-state index contributed by atoms with van der Waals surface area (Å²) in [5.41, 5.74) is 5.41. The molecule has 2 aromatic heterocycles. The zero-order chi connectivity index (χ0) is 24.9. The smallest absolute Gasteiger partial charge is 0.251 e. The van der Waals surface area contributed by atoms with E-state index in [1.807, 2.05) is 90.4 Å². The van der Waals surface area contributed by atoms with Crippen LogP contribution in [0.5, 0.6) is 11.5 Å². The van der Waals surface area contributed by atoms with Crippen molar-refractivity contribution in [3.05, 3.63) is 114 Å². The fourth-order valence-corrected chi connectivity index (χ4v) is 4.01. The summed E-state index contributed by atoms with van der Waals surface area (Å²) in [6.45, 7) is 2.35. The average molecular weight is 479 g/mol. The Kier molecular flexibility index (Phi) is 6.62. The molecule has 5 rings (SSSR count). The predicted molar refractivity (Wildman–Crippen MR) is 139 cm³/mol. The molecule has 3 aromatic carbocycles. The van der Waals surface area contributed by atoms with Crippen LogP contribution in [-0.4, -0.2) is 27.6 Å². The predicted octanol–water partition coefficient (Wildman–Crippen LogP) is 5.50. The third-order valence-electron chi connectivity index (χ3n) is 6.04. The molecule has 0 aliphatic rings. The summed E-state index contributed by atoms with van der Waals surface area (Å²) in [7, 11) is 1.60. The summed E-state index contributed by atoms with van der Waals surface area (Å²) >= 11 is 0. The molecule has 0 fully saturated rings. The molecule has 2 heterocycles. The Morgan fingerprint density at radius 3 is 2.53 bits per heavy atom. The zero-order valence-corrected chi connectivity index (χ0v) is 20.1. The van der Waals surface area contributed by atoms with Crippen LogP contribution >= 0.6 is 0 Å². The van der Waals surface area contributed by atoms with Crippen molar-refractivity contribution >= 4 is 16.9 Å². The number of nitrogens with one attached hydrogen (secondary N) is 1. The number of benzene rings is 3. The van der Waals surface area contributed by atoms with Gasteiger partial charge in [-0.1, -0.05) is 18.2 Å². The summed E-state index contributed by atoms with van der Waals surface area (Å²) in [6.07, 6.45) is 5.26. The van der Waals surface area contributed by atoms with Gasteiger partial charge in [0.25, 0.3) is 5.91 Å². The Morgan fingerprint density at radius 1 is 0.972 bits per heavy atom. The summed E-state index contributed by atoms with van der Waals surface area (Å²) in [5, 5.41) is 3.06. The number of hydrogen-bond donors (Lipinski definition) is 1. The molecule has 0 saturated carbocycles. The van der Waals surface area contributed by atoms with Crippen molar-refractivity contribution in [1.29, 1.82) is 0 Å². The maximum Gasteiger partial charge on any atom is 0.251 e. The second-order valence-corrected chi connectivity index (χ2v) is 8.40. The van der Waals surface area contributed by atoms with Crippen LogP contribution in [0.4, 0.5) is 0 Å². The minimum absolute atomic E-state index is 0.151. The minimum Gasteiger partial charge on any atom is -0.493 e. The van der Waals surface area contributed by atoms with Crippen LogP contribution in [0.25, 0.3) is 16.7 Å². The van der Waals surface area contributed by atoms with Crippen molar-refractivity contribution in [3.63, 3.8) is 0 Å². The number of aromatic nitrogens is 3. The van der Waals surface area contributed by atoms with Gasteiger partial charge in [0.15, 0.2) is 11.5 Å². The van der Waals surface area contributed by atoms with E-state index in [0.717, 1.165) is 27.8 Å². The molecule has 5 aromatic rings. The van der Waals surface area contributed by atoms with Crippen LogP contribution in [0.3, 0.4) is 0 Å². The van der Waals surface area contributed by atoms with E-state index in [2.05, 4.69) is 15.3 Å². The van der Waals surface area contributed by atoms with Crippen molar-refractivity contribution < 1.29 is 14.3 Å². The molecule has 1 N–H and O–H groups in total. The maximum atomic E-state index is 12.9. The normalized spacial score (nSPS) is 11.7. The Labute approximate surface area is 209 Å². The number of para-hydroxylation sites is 2. The molecule has 180 valence electrons. The van der Waals surface area contributed by atoms with Crippen LogP contribution in [0.1, 0.15) is 34.5 Å². The number of methoxy groups -OCH3 is 1. The van der Waals surface area contributed by atoms with E-state index in [-0.39, 0.29) is 11.9 Å². The van der Waals surface area contributed by atoms with E-state index in [4.69, 9.17) is 9.47 Å². The number of hydrogen-bond acceptors (Lipinski definition) is 5. The van der Waals surface area contributed by atoms with E-state index in [1.54, 1.807) is 25.8 Å². The molecule has 0 spiro atoms. The average Bonchev–Trinajstić information content (AvgIpc) is 3.36. The molecule has 0 saturated heterocycles. The first kappa shape index (κ1) is 23.1. The Bertz CT molecular complexity index is 1480. The number of amides is 1. The molecule has 1 unspecified atom stereocenters. The van der Waals surface area contributed by atoms with Gasteiger partial charge in [0.2, 0.25) is 0 Å². The number of nitrogens with zero attached hydrogens (tertiary/aromatic N) is 3. The van der Waals surface area contributed by atoms with Crippen molar-refractivity contribution in [2.24, 2.45) is 0 Å². The first-order chi connectivity index (χ1) is 17.6. The number of imidazole rings is 1. The van der Waals surface area contributed by atoms with Gasteiger partial charge in [0.1, 0.15) is 12.9 Å². The van der Waals surface area contributed by atoms with Crippen molar-refractivity contribution in [2.45, 2.75) is 19.6 Å². The summed E-state index contributed by atoms with van der Waals surface area (Å²) < 4.78 is 13.5. The Morgan fingerprint density at radius 2 is 1.75 bits per heavy atom. The minimum atomic E-state index is -0.224. The molecular formula is C29H26N4O3. The van der Waals surface area contributed by atoms with Crippen LogP contribution < -0.4 is 14.8 Å². The second-order valence-electron chi connectivity index (χ2n) is 8.40. The van der Waals surface area contributed by atoms with Gasteiger partial charge in [0.05, 0.1) is 24.2 Å². The van der Waals surface area contributed by atoms with Gasteiger partial charge in [0, 0.05) is 23.6 Å². The molecule has 7 heteroatoms. The van der Waals surface area contributed by atoms with Crippen molar-refractivity contribution in [1.82, 2.24) is 19.9 Å². The molecule has 36 heavy (non-hydrogen) atoms. The largest absolute Gasteiger partial charge is 0.493 e. The molecule has 0 bridgehead atoms. The lowest BCUT2D eigenvalue weighted by molar-refractivity contribution is 0.0940. The molecular weight excluding hydrogens is 452 g/mol. The number of carbonyl (C=O) groups is 1. The highest BCUT2D eigenvalue weighted by molar-refractivity contribution is 5.94. The fraction of sp³-hybridized carbons (Fsp3) is 0.138. The quantitative estimate of drug-likeness (QED) is 0.319. The summed E-state index contributed by atoms with van der Waals surface area (Å²) in [5.74, 6) is 1.10. The molecule has 1 amide bonds. The highest BCUT2D eigenvalue weighted by Crippen LogP contribution is 2.31. The van der Waals surface area contributed by atoms with E-state index in [1.165, 1.54) is 0 Å². The van der Waals surface area contributed by atoms with Crippen LogP contribution in [0.2, 0.25) is 0 Å². The van der Waals surface area contributed by atoms with E-state index < -0.39 is 0 Å². The number of ether oxygens (including phenoxy) is 2. The topological polar surface area (TPSA) is 78.3 Å². The van der Waals surface area contributed by atoms with Gasteiger partial charge in [-0.3, -0.25) is 14.3 Å². The van der Waals surface area contributed by atoms with Gasteiger partial charge in [-0.25, -0.2) is 4.98 Å². The van der Waals surface area contributed by atoms with Gasteiger partial charge < -0.3 is 14.8 Å². The van der Waals surface area contributed by atoms with Gasteiger partial charge >= 0.3 is 0 Å². The SMILES string of the molecule is COc1cc(C(C)NC(=O)c2ccc(-n3cnc4ccccc43)cc2)ccc1OCc1ccncc1. The fourth-order valence-electron chi connectivity index (χ4n) is 4.01. The number of pyridine rings is 1. The number of carbonyl (C=O) groups excluding carboxylic acids is 1. The maximum absolute atomic E-state index is 12.9. The molecule has 0 aliphatic heterocycles. The van der Waals surface area contributed by atoms with Crippen LogP contribution in [0.15, 0.2) is 97.6 Å². The number of rotatable bonds is 8. The third-order valence-corrected chi connectivity index (χ3v) is 6.04. The summed E-state index contributed by atoms with van der Waals surface area (Å²) in [6, 6.07) is 24.7. The van der Waals surface area contributed by atoms with Gasteiger partial charge in [-0.2, -0.15) is 0 Å². The highest BCUT2D eigenvalue weighted by Gasteiger charge is 2.15. The Hall–Kier alpha value is -4.65. The standard InChI is InChI=1S/C29H26N4O3/c1-20(23-9-12-27(28(17-23)35-2)36-18-21-13-15-30-16-14-21)32-29(34)22-7-10-24(11-8-22)33-19-31-25-5-3-4-6-26(25)33/h3-17,19-20H,18H2,1-2H3,(H,32,34). The first-order valence-corrected chi connectivity index (χ1v) is 11.7. The lowest BCUT2D eigenvalue weighted by Gasteiger charge is -2.17. The van der Waals surface area contributed by atoms with Gasteiger partial charge in [-0.05, 0) is 78.7 Å². The lowest BCUT2D eigenvalue weighted by Crippen LogP contribution is -2.26. The van der Waals surface area contributed by atoms with Crippen molar-refractivity contribution in [3.8, 4) is 17.2 Å². The van der Waals surface area contributed by atoms with E-state index in [0.29, 0.717) is 23.7 Å². The highest BCUT2D eigenvalue weighted by atomic mass is 16.5. The molecule has 7 nitrogen and oxygen atoms in total. The van der Waals surface area contributed by atoms with Gasteiger partial charge in [-0.15, -0.1) is 0 Å². The third kappa shape index (κ3) is 4.90. The van der Waals surface area contributed by atoms with Crippen LogP contribution in [0, 0.1) is 0 Å². The summed E-state index contributed by atoms with van der Waals surface area (Å²) in [4.78, 5) is 21.4. The van der Waals surface area contributed by atoms with E-state index >= 15 is 0 Å². The first-order valence-electron chi connectivity index (χ1n) is 11.7. The molecule has 0 aliphatic carbocycles. The van der Waals surface area contributed by atoms with Crippen molar-refractivity contribution in [2.75, 3.05) is 7.11 Å². The molecule has 1 atom stereocenters. The zero-order valence-electron chi connectivity index (χ0n) is 20.1. The lowest BCUT2D eigenvalue weighted by atomic mass is 10.1. The van der Waals surface area contributed by atoms with Crippen LogP contribution in [-0.2, 0) is 6.61 Å². The molecule has 0 radical (unpaired) electrons. The second kappa shape index (κ2) is 10.3. The monoisotopic (exact) mass is 478 g/mol. The van der Waals surface area contributed by atoms with E-state index in [9.17, 15) is 4.79 Å². The Balaban J connectivity index is 1.25.